The minimum Gasteiger partial charge on any atom is -0.490 e. The molecular weight excluding hydrogens is 252 g/mol. The Labute approximate surface area is 108 Å². The number of nitro benzene ring substituents is 1. The minimum atomic E-state index is -0.556. The van der Waals surface area contributed by atoms with Gasteiger partial charge in [-0.1, -0.05) is 0 Å². The van der Waals surface area contributed by atoms with E-state index in [1.807, 2.05) is 0 Å². The van der Waals surface area contributed by atoms with Crippen LogP contribution in [0.25, 0.3) is 0 Å². The number of methoxy groups -OCH3 is 1. The molecule has 98 valence electrons. The van der Waals surface area contributed by atoms with Gasteiger partial charge in [0.05, 0.1) is 18.1 Å². The van der Waals surface area contributed by atoms with Gasteiger partial charge in [-0.05, 0) is 12.1 Å². The van der Waals surface area contributed by atoms with E-state index in [0.29, 0.717) is 0 Å². The zero-order chi connectivity index (χ0) is 13.8. The average Bonchev–Trinajstić information content (AvgIpc) is 2.38. The molecule has 0 bridgehead atoms. The standard InChI is InChI=1S/C11H10N4O4/c1-18-9-3-2-7(6-8(9)15(16)17)19-10-4-5-13-11(12)14-10/h2-6H,1H3,(H2,12,13,14). The van der Waals surface area contributed by atoms with E-state index in [1.54, 1.807) is 0 Å². The van der Waals surface area contributed by atoms with E-state index in [4.69, 9.17) is 15.2 Å². The molecule has 8 heteroatoms. The van der Waals surface area contributed by atoms with E-state index in [2.05, 4.69) is 9.97 Å². The van der Waals surface area contributed by atoms with Gasteiger partial charge in [0.1, 0.15) is 5.75 Å². The highest BCUT2D eigenvalue weighted by Crippen LogP contribution is 2.32. The number of nitrogens with zero attached hydrogens (tertiary/aromatic N) is 3. The number of benzene rings is 1. The van der Waals surface area contributed by atoms with Crippen LogP contribution in [0.4, 0.5) is 11.6 Å². The first-order chi connectivity index (χ1) is 9.10. The second-order valence-corrected chi connectivity index (χ2v) is 3.45. The highest BCUT2D eigenvalue weighted by molar-refractivity contribution is 5.51. The van der Waals surface area contributed by atoms with Crippen molar-refractivity contribution < 1.29 is 14.4 Å². The van der Waals surface area contributed by atoms with Crippen molar-refractivity contribution in [2.75, 3.05) is 12.8 Å². The normalized spacial score (nSPS) is 9.95. The molecule has 0 aliphatic rings. The van der Waals surface area contributed by atoms with E-state index in [9.17, 15) is 10.1 Å². The molecule has 19 heavy (non-hydrogen) atoms. The summed E-state index contributed by atoms with van der Waals surface area (Å²) in [6.07, 6.45) is 1.43. The molecule has 0 fully saturated rings. The van der Waals surface area contributed by atoms with Gasteiger partial charge >= 0.3 is 5.69 Å². The van der Waals surface area contributed by atoms with Crippen molar-refractivity contribution >= 4 is 11.6 Å². The third-order valence-electron chi connectivity index (χ3n) is 2.22. The van der Waals surface area contributed by atoms with E-state index in [0.717, 1.165) is 0 Å². The molecule has 2 aromatic rings. The van der Waals surface area contributed by atoms with Crippen LogP contribution in [-0.4, -0.2) is 22.0 Å². The Morgan fingerprint density at radius 3 is 2.79 bits per heavy atom. The van der Waals surface area contributed by atoms with Gasteiger partial charge in [0.15, 0.2) is 5.75 Å². The summed E-state index contributed by atoms with van der Waals surface area (Å²) in [5, 5.41) is 10.9. The molecular formula is C11H10N4O4. The number of anilines is 1. The van der Waals surface area contributed by atoms with Crippen LogP contribution in [0.1, 0.15) is 0 Å². The Hall–Kier alpha value is -2.90. The molecule has 0 spiro atoms. The molecule has 0 aliphatic carbocycles. The Bertz CT molecular complexity index is 617. The second kappa shape index (κ2) is 5.17. The fourth-order valence-electron chi connectivity index (χ4n) is 1.41. The monoisotopic (exact) mass is 262 g/mol. The van der Waals surface area contributed by atoms with Gasteiger partial charge in [0.2, 0.25) is 11.8 Å². The second-order valence-electron chi connectivity index (χ2n) is 3.45. The van der Waals surface area contributed by atoms with E-state index < -0.39 is 4.92 Å². The van der Waals surface area contributed by atoms with Crippen LogP contribution >= 0.6 is 0 Å². The van der Waals surface area contributed by atoms with Gasteiger partial charge in [-0.25, -0.2) is 4.98 Å². The van der Waals surface area contributed by atoms with E-state index in [1.165, 1.54) is 37.6 Å². The lowest BCUT2D eigenvalue weighted by Crippen LogP contribution is -1.97. The summed E-state index contributed by atoms with van der Waals surface area (Å²) < 4.78 is 10.2. The van der Waals surface area contributed by atoms with Crippen molar-refractivity contribution in [3.8, 4) is 17.4 Å². The molecule has 0 aliphatic heterocycles. The highest BCUT2D eigenvalue weighted by Gasteiger charge is 2.16. The Balaban J connectivity index is 2.31. The van der Waals surface area contributed by atoms with Crippen molar-refractivity contribution in [3.63, 3.8) is 0 Å². The molecule has 2 rings (SSSR count). The first kappa shape index (κ1) is 12.6. The van der Waals surface area contributed by atoms with Crippen molar-refractivity contribution in [2.24, 2.45) is 0 Å². The number of nitrogen functional groups attached to an aromatic ring is 1. The van der Waals surface area contributed by atoms with Gasteiger partial charge in [0.25, 0.3) is 0 Å². The lowest BCUT2D eigenvalue weighted by Gasteiger charge is -2.06. The summed E-state index contributed by atoms with van der Waals surface area (Å²) >= 11 is 0. The van der Waals surface area contributed by atoms with Crippen molar-refractivity contribution in [3.05, 3.63) is 40.6 Å². The molecule has 0 atom stereocenters. The van der Waals surface area contributed by atoms with Crippen LogP contribution in [-0.2, 0) is 0 Å². The van der Waals surface area contributed by atoms with Crippen LogP contribution in [0, 0.1) is 10.1 Å². The van der Waals surface area contributed by atoms with Crippen LogP contribution in [0.2, 0.25) is 0 Å². The maximum absolute atomic E-state index is 10.9. The van der Waals surface area contributed by atoms with Crippen LogP contribution in [0.15, 0.2) is 30.5 Å². The molecule has 0 unspecified atom stereocenters. The van der Waals surface area contributed by atoms with Gasteiger partial charge in [-0.15, -0.1) is 0 Å². The first-order valence-corrected chi connectivity index (χ1v) is 5.19. The number of nitrogens with two attached hydrogens (primary N) is 1. The lowest BCUT2D eigenvalue weighted by atomic mass is 10.3. The van der Waals surface area contributed by atoms with Gasteiger partial charge in [-0.3, -0.25) is 10.1 Å². The third-order valence-corrected chi connectivity index (χ3v) is 2.22. The quantitative estimate of drug-likeness (QED) is 0.659. The fraction of sp³-hybridized carbons (Fsp3) is 0.0909. The maximum Gasteiger partial charge on any atom is 0.314 e. The number of nitro groups is 1. The summed E-state index contributed by atoms with van der Waals surface area (Å²) in [5.74, 6) is 0.664. The lowest BCUT2D eigenvalue weighted by molar-refractivity contribution is -0.385. The Kier molecular flexibility index (Phi) is 3.42. The first-order valence-electron chi connectivity index (χ1n) is 5.19. The number of hydrogen-bond acceptors (Lipinski definition) is 7. The number of aromatic nitrogens is 2. The summed E-state index contributed by atoms with van der Waals surface area (Å²) in [7, 11) is 1.36. The molecule has 0 amide bonds. The summed E-state index contributed by atoms with van der Waals surface area (Å²) in [5.41, 5.74) is 5.21. The Morgan fingerprint density at radius 1 is 1.37 bits per heavy atom. The van der Waals surface area contributed by atoms with Crippen molar-refractivity contribution in [1.82, 2.24) is 9.97 Å². The van der Waals surface area contributed by atoms with Gasteiger partial charge in [-0.2, -0.15) is 4.98 Å². The molecule has 1 aromatic heterocycles. The molecule has 1 aromatic carbocycles. The fourth-order valence-corrected chi connectivity index (χ4v) is 1.41. The predicted molar refractivity (Wildman–Crippen MR) is 66.2 cm³/mol. The summed E-state index contributed by atoms with van der Waals surface area (Å²) in [6, 6.07) is 5.71. The largest absolute Gasteiger partial charge is 0.490 e. The molecule has 1 heterocycles. The number of hydrogen-bond donors (Lipinski definition) is 1. The minimum absolute atomic E-state index is 0.0560. The molecule has 0 saturated carbocycles. The highest BCUT2D eigenvalue weighted by atomic mass is 16.6. The van der Waals surface area contributed by atoms with Crippen LogP contribution in [0.5, 0.6) is 17.4 Å². The van der Waals surface area contributed by atoms with Crippen LogP contribution < -0.4 is 15.2 Å². The zero-order valence-corrected chi connectivity index (χ0v) is 9.94. The smallest absolute Gasteiger partial charge is 0.314 e. The van der Waals surface area contributed by atoms with Gasteiger partial charge in [0, 0.05) is 12.3 Å². The Morgan fingerprint density at radius 2 is 2.16 bits per heavy atom. The van der Waals surface area contributed by atoms with Crippen LogP contribution in [0.3, 0.4) is 0 Å². The van der Waals surface area contributed by atoms with E-state index >= 15 is 0 Å². The molecule has 2 N–H and O–H groups in total. The summed E-state index contributed by atoms with van der Waals surface area (Å²) in [4.78, 5) is 17.9. The van der Waals surface area contributed by atoms with E-state index in [-0.39, 0.29) is 29.0 Å². The van der Waals surface area contributed by atoms with Crippen molar-refractivity contribution in [2.45, 2.75) is 0 Å². The summed E-state index contributed by atoms with van der Waals surface area (Å²) in [6.45, 7) is 0. The molecule has 8 nitrogen and oxygen atoms in total. The van der Waals surface area contributed by atoms with Gasteiger partial charge < -0.3 is 15.2 Å². The topological polar surface area (TPSA) is 113 Å². The third kappa shape index (κ3) is 2.86. The molecule has 0 saturated heterocycles. The van der Waals surface area contributed by atoms with Crippen molar-refractivity contribution in [1.29, 1.82) is 0 Å². The molecule has 0 radical (unpaired) electrons. The average molecular weight is 262 g/mol. The SMILES string of the molecule is COc1ccc(Oc2ccnc(N)n2)cc1[N+](=O)[O-]. The number of rotatable bonds is 4. The number of ether oxygens (including phenoxy) is 2. The maximum atomic E-state index is 10.9. The zero-order valence-electron chi connectivity index (χ0n) is 9.94. The predicted octanol–water partition coefficient (Wildman–Crippen LogP) is 1.77.